The molecule has 0 spiro atoms. The summed E-state index contributed by atoms with van der Waals surface area (Å²) in [4.78, 5) is 20.4. The van der Waals surface area contributed by atoms with Gasteiger partial charge in [0.25, 0.3) is 0 Å². The highest BCUT2D eigenvalue weighted by Gasteiger charge is 2.46. The number of hydrogen-bond donors (Lipinski definition) is 0. The maximum Gasteiger partial charge on any atom is 0.164 e. The summed E-state index contributed by atoms with van der Waals surface area (Å²) in [6.45, 7) is 0. The van der Waals surface area contributed by atoms with Gasteiger partial charge in [0.2, 0.25) is 0 Å². The molecule has 0 saturated carbocycles. The molecule has 4 nitrogen and oxygen atoms in total. The van der Waals surface area contributed by atoms with Gasteiger partial charge in [0, 0.05) is 22.3 Å². The molecule has 8 aromatic carbocycles. The monoisotopic (exact) mass is 758 g/mol. The minimum atomic E-state index is -0.470. The van der Waals surface area contributed by atoms with Crippen LogP contribution in [0.15, 0.2) is 206 Å². The third-order valence-corrected chi connectivity index (χ3v) is 12.3. The summed E-state index contributed by atoms with van der Waals surface area (Å²) in [7, 11) is 0. The Bertz CT molecular complexity index is 3070. The van der Waals surface area contributed by atoms with E-state index in [0.717, 1.165) is 48.6 Å². The SMILES string of the molecule is c1ccc(-c2cccc(-c3nc(-c4ccccc4)nc(-c4ccc5sc(-c6ccc7c(c6)C(c6ccccc6)(c6ccccc6)c6ccccc6-7)nc5c4)n3)c2)cc1. The van der Waals surface area contributed by atoms with E-state index in [1.165, 1.54) is 33.4 Å². The Morgan fingerprint density at radius 2 is 0.845 bits per heavy atom. The Kier molecular flexibility index (Phi) is 8.19. The van der Waals surface area contributed by atoms with E-state index in [-0.39, 0.29) is 0 Å². The average molecular weight is 759 g/mol. The van der Waals surface area contributed by atoms with Crippen LogP contribution in [0.4, 0.5) is 0 Å². The van der Waals surface area contributed by atoms with Crippen LogP contribution >= 0.6 is 11.3 Å². The summed E-state index contributed by atoms with van der Waals surface area (Å²) >= 11 is 1.71. The molecule has 0 atom stereocenters. The van der Waals surface area contributed by atoms with Crippen molar-refractivity contribution < 1.29 is 0 Å². The van der Waals surface area contributed by atoms with Gasteiger partial charge in [-0.1, -0.05) is 176 Å². The Balaban J connectivity index is 1.03. The molecule has 58 heavy (non-hydrogen) atoms. The molecular formula is C53H34N4S. The Morgan fingerprint density at radius 3 is 1.53 bits per heavy atom. The van der Waals surface area contributed by atoms with E-state index in [1.807, 2.05) is 36.4 Å². The van der Waals surface area contributed by atoms with Gasteiger partial charge >= 0.3 is 0 Å². The van der Waals surface area contributed by atoms with Crippen LogP contribution in [0.25, 0.3) is 77.2 Å². The first kappa shape index (κ1) is 34.0. The van der Waals surface area contributed by atoms with Crippen molar-refractivity contribution in [1.82, 2.24) is 19.9 Å². The van der Waals surface area contributed by atoms with E-state index < -0.39 is 5.41 Å². The number of aromatic nitrogens is 4. The van der Waals surface area contributed by atoms with E-state index in [0.29, 0.717) is 17.5 Å². The summed E-state index contributed by atoms with van der Waals surface area (Å²) in [6.07, 6.45) is 0. The lowest BCUT2D eigenvalue weighted by molar-refractivity contribution is 0.769. The molecule has 1 aliphatic rings. The van der Waals surface area contributed by atoms with E-state index in [1.54, 1.807) is 11.3 Å². The second-order valence-electron chi connectivity index (χ2n) is 14.6. The van der Waals surface area contributed by atoms with Crippen LogP contribution in [0, 0.1) is 0 Å². The quantitative estimate of drug-likeness (QED) is 0.162. The predicted octanol–water partition coefficient (Wildman–Crippen LogP) is 13.2. The minimum Gasteiger partial charge on any atom is -0.236 e. The zero-order valence-corrected chi connectivity index (χ0v) is 32.1. The van der Waals surface area contributed by atoms with E-state index in [4.69, 9.17) is 19.9 Å². The Morgan fingerprint density at radius 1 is 0.328 bits per heavy atom. The summed E-state index contributed by atoms with van der Waals surface area (Å²) in [6, 6.07) is 72.9. The van der Waals surface area contributed by atoms with Crippen molar-refractivity contribution in [2.45, 2.75) is 5.41 Å². The second-order valence-corrected chi connectivity index (χ2v) is 15.6. The van der Waals surface area contributed by atoms with Crippen molar-refractivity contribution in [1.29, 1.82) is 0 Å². The number of benzene rings is 8. The average Bonchev–Trinajstić information content (AvgIpc) is 3.87. The number of thiazole rings is 1. The van der Waals surface area contributed by atoms with Crippen LogP contribution < -0.4 is 0 Å². The van der Waals surface area contributed by atoms with Crippen molar-refractivity contribution in [3.05, 3.63) is 229 Å². The van der Waals surface area contributed by atoms with Crippen LogP contribution in [0.5, 0.6) is 0 Å². The fraction of sp³-hybridized carbons (Fsp3) is 0.0189. The molecular weight excluding hydrogens is 725 g/mol. The zero-order valence-electron chi connectivity index (χ0n) is 31.3. The Hall–Kier alpha value is -7.34. The van der Waals surface area contributed by atoms with Crippen molar-refractivity contribution >= 4 is 21.6 Å². The van der Waals surface area contributed by atoms with Gasteiger partial charge in [-0.2, -0.15) is 0 Å². The Labute approximate surface area is 340 Å². The molecule has 0 N–H and O–H groups in total. The molecule has 1 aliphatic carbocycles. The van der Waals surface area contributed by atoms with Gasteiger partial charge in [0.1, 0.15) is 5.01 Å². The van der Waals surface area contributed by atoms with Gasteiger partial charge in [-0.3, -0.25) is 0 Å². The topological polar surface area (TPSA) is 51.6 Å². The third kappa shape index (κ3) is 5.67. The van der Waals surface area contributed by atoms with Gasteiger partial charge in [0.15, 0.2) is 17.5 Å². The molecule has 2 aromatic heterocycles. The van der Waals surface area contributed by atoms with Gasteiger partial charge in [0.05, 0.1) is 15.6 Å². The molecule has 0 saturated heterocycles. The molecule has 0 radical (unpaired) electrons. The molecule has 5 heteroatoms. The molecule has 0 amide bonds. The largest absolute Gasteiger partial charge is 0.236 e. The van der Waals surface area contributed by atoms with E-state index in [9.17, 15) is 0 Å². The van der Waals surface area contributed by atoms with Gasteiger partial charge in [-0.05, 0) is 74.8 Å². The van der Waals surface area contributed by atoms with Crippen LogP contribution in [0.1, 0.15) is 22.3 Å². The highest BCUT2D eigenvalue weighted by Crippen LogP contribution is 2.56. The van der Waals surface area contributed by atoms with Gasteiger partial charge in [-0.25, -0.2) is 19.9 Å². The normalized spacial score (nSPS) is 12.6. The lowest BCUT2D eigenvalue weighted by Gasteiger charge is -2.34. The fourth-order valence-electron chi connectivity index (χ4n) is 8.59. The second kappa shape index (κ2) is 14.0. The molecule has 2 heterocycles. The molecule has 0 unspecified atom stereocenters. The van der Waals surface area contributed by atoms with Crippen LogP contribution in [0.2, 0.25) is 0 Å². The van der Waals surface area contributed by atoms with Crippen LogP contribution in [-0.2, 0) is 5.41 Å². The lowest BCUT2D eigenvalue weighted by atomic mass is 9.67. The maximum absolute atomic E-state index is 5.29. The van der Waals surface area contributed by atoms with Crippen molar-refractivity contribution in [3.8, 4) is 67.0 Å². The standard InChI is InChI=1S/C53H34N4S/c1-5-16-35(17-6-1)37-20-15-21-38(32-37)50-55-49(36-18-7-2-8-19-36)56-51(57-50)39-29-31-48-47(34-39)54-52(58-48)40-28-30-44-43-26-13-14-27-45(43)53(46(44)33-40,41-22-9-3-10-23-41)42-24-11-4-12-25-42/h1-34H. The van der Waals surface area contributed by atoms with Gasteiger partial charge < -0.3 is 0 Å². The predicted molar refractivity (Wildman–Crippen MR) is 237 cm³/mol. The first-order valence-corrected chi connectivity index (χ1v) is 20.3. The summed E-state index contributed by atoms with van der Waals surface area (Å²) < 4.78 is 1.10. The number of hydrogen-bond acceptors (Lipinski definition) is 5. The van der Waals surface area contributed by atoms with Crippen molar-refractivity contribution in [2.75, 3.05) is 0 Å². The molecule has 0 bridgehead atoms. The summed E-state index contributed by atoms with van der Waals surface area (Å²) in [5.41, 5.74) is 14.1. The molecule has 0 fully saturated rings. The molecule has 10 aromatic rings. The maximum atomic E-state index is 5.29. The van der Waals surface area contributed by atoms with Crippen molar-refractivity contribution in [2.24, 2.45) is 0 Å². The first-order valence-electron chi connectivity index (χ1n) is 19.5. The molecule has 272 valence electrons. The minimum absolute atomic E-state index is 0.470. The number of fused-ring (bicyclic) bond motifs is 4. The van der Waals surface area contributed by atoms with Crippen LogP contribution in [-0.4, -0.2) is 19.9 Å². The smallest absolute Gasteiger partial charge is 0.164 e. The summed E-state index contributed by atoms with van der Waals surface area (Å²) in [5.74, 6) is 1.86. The molecule has 11 rings (SSSR count). The number of rotatable bonds is 7. The third-order valence-electron chi connectivity index (χ3n) is 11.2. The highest BCUT2D eigenvalue weighted by atomic mass is 32.1. The van der Waals surface area contributed by atoms with E-state index in [2.05, 4.69) is 170 Å². The van der Waals surface area contributed by atoms with Crippen molar-refractivity contribution in [3.63, 3.8) is 0 Å². The van der Waals surface area contributed by atoms with Gasteiger partial charge in [-0.15, -0.1) is 11.3 Å². The zero-order chi connectivity index (χ0) is 38.5. The first-order chi connectivity index (χ1) is 28.7. The highest BCUT2D eigenvalue weighted by molar-refractivity contribution is 7.21. The lowest BCUT2D eigenvalue weighted by Crippen LogP contribution is -2.28. The van der Waals surface area contributed by atoms with E-state index >= 15 is 0 Å². The summed E-state index contributed by atoms with van der Waals surface area (Å²) in [5, 5.41) is 0.972. The molecule has 0 aliphatic heterocycles. The fourth-order valence-corrected chi connectivity index (χ4v) is 9.53. The van der Waals surface area contributed by atoms with Crippen LogP contribution in [0.3, 0.4) is 0 Å². The number of nitrogens with zero attached hydrogens (tertiary/aromatic N) is 4.